The minimum absolute atomic E-state index is 0.0457. The summed E-state index contributed by atoms with van der Waals surface area (Å²) >= 11 is 5.93. The van der Waals surface area contributed by atoms with Crippen molar-refractivity contribution in [3.8, 4) is 0 Å². The predicted octanol–water partition coefficient (Wildman–Crippen LogP) is 1.71. The van der Waals surface area contributed by atoms with Crippen molar-refractivity contribution in [1.29, 1.82) is 0 Å². The van der Waals surface area contributed by atoms with Gasteiger partial charge in [-0.25, -0.2) is 0 Å². The number of benzene rings is 1. The van der Waals surface area contributed by atoms with Crippen LogP contribution in [0.15, 0.2) is 28.8 Å². The van der Waals surface area contributed by atoms with E-state index in [1.54, 1.807) is 0 Å². The quantitative estimate of drug-likeness (QED) is 0.895. The Bertz CT molecular complexity index is 573. The van der Waals surface area contributed by atoms with Gasteiger partial charge in [0.2, 0.25) is 5.89 Å². The number of aromatic nitrogens is 2. The summed E-state index contributed by atoms with van der Waals surface area (Å²) in [4.78, 5) is 4.36. The van der Waals surface area contributed by atoms with Gasteiger partial charge in [0.05, 0.1) is 12.1 Å². The molecule has 2 aromatic rings. The maximum Gasteiger partial charge on any atom is 0.243 e. The van der Waals surface area contributed by atoms with Gasteiger partial charge in [0.1, 0.15) is 0 Å². The number of nitrogens with one attached hydrogen (secondary N) is 1. The van der Waals surface area contributed by atoms with Crippen LogP contribution in [-0.2, 0) is 6.42 Å². The number of halogens is 1. The molecule has 19 heavy (non-hydrogen) atoms. The zero-order valence-corrected chi connectivity index (χ0v) is 11.0. The fourth-order valence-corrected chi connectivity index (χ4v) is 2.43. The first-order valence-corrected chi connectivity index (χ1v) is 6.57. The second kappa shape index (κ2) is 5.28. The molecule has 5 nitrogen and oxygen atoms in total. The van der Waals surface area contributed by atoms with Gasteiger partial charge in [0.25, 0.3) is 0 Å². The highest BCUT2D eigenvalue weighted by atomic mass is 35.5. The predicted molar refractivity (Wildman–Crippen MR) is 69.9 cm³/mol. The minimum Gasteiger partial charge on any atom is -0.392 e. The molecule has 1 saturated heterocycles. The standard InChI is InChI=1S/C13H14ClN3O2/c14-9-3-1-2-8(4-9)5-12-16-13(19-17-12)11-6-10(18)7-15-11/h1-4,10-11,15,18H,5-7H2/t10-,11-/m0/s1. The first-order valence-electron chi connectivity index (χ1n) is 6.19. The number of β-amino-alcohol motifs (C(OH)–C–C–N with tert-alkyl or cyclic N) is 1. The van der Waals surface area contributed by atoms with Gasteiger partial charge >= 0.3 is 0 Å². The van der Waals surface area contributed by atoms with E-state index >= 15 is 0 Å². The number of nitrogens with zero attached hydrogens (tertiary/aromatic N) is 2. The molecule has 0 spiro atoms. The molecule has 0 bridgehead atoms. The van der Waals surface area contributed by atoms with Gasteiger partial charge in [-0.05, 0) is 24.1 Å². The molecule has 1 aromatic heterocycles. The van der Waals surface area contributed by atoms with Crippen molar-refractivity contribution in [1.82, 2.24) is 15.5 Å². The summed E-state index contributed by atoms with van der Waals surface area (Å²) in [5, 5.41) is 17.3. The highest BCUT2D eigenvalue weighted by molar-refractivity contribution is 6.30. The number of rotatable bonds is 3. The smallest absolute Gasteiger partial charge is 0.243 e. The second-order valence-electron chi connectivity index (χ2n) is 4.71. The van der Waals surface area contributed by atoms with E-state index in [1.165, 1.54) is 0 Å². The Balaban J connectivity index is 1.71. The Morgan fingerprint density at radius 2 is 2.37 bits per heavy atom. The summed E-state index contributed by atoms with van der Waals surface area (Å²) < 4.78 is 5.23. The Morgan fingerprint density at radius 3 is 3.11 bits per heavy atom. The molecule has 1 aromatic carbocycles. The van der Waals surface area contributed by atoms with Crippen LogP contribution in [0, 0.1) is 0 Å². The number of hydrogen-bond acceptors (Lipinski definition) is 5. The zero-order chi connectivity index (χ0) is 13.2. The minimum atomic E-state index is -0.340. The van der Waals surface area contributed by atoms with Crippen molar-refractivity contribution >= 4 is 11.6 Å². The Hall–Kier alpha value is -1.43. The largest absolute Gasteiger partial charge is 0.392 e. The van der Waals surface area contributed by atoms with Gasteiger partial charge < -0.3 is 14.9 Å². The summed E-state index contributed by atoms with van der Waals surface area (Å²) in [6.45, 7) is 0.566. The molecule has 0 saturated carbocycles. The molecule has 0 unspecified atom stereocenters. The van der Waals surface area contributed by atoms with E-state index in [2.05, 4.69) is 15.5 Å². The molecule has 100 valence electrons. The Kier molecular flexibility index (Phi) is 3.50. The van der Waals surface area contributed by atoms with Crippen molar-refractivity contribution in [2.75, 3.05) is 6.54 Å². The molecule has 1 aliphatic rings. The Morgan fingerprint density at radius 1 is 1.47 bits per heavy atom. The molecule has 2 atom stereocenters. The van der Waals surface area contributed by atoms with Crippen LogP contribution in [-0.4, -0.2) is 27.9 Å². The highest BCUT2D eigenvalue weighted by Gasteiger charge is 2.27. The third-order valence-electron chi connectivity index (χ3n) is 3.14. The van der Waals surface area contributed by atoms with Crippen molar-refractivity contribution in [3.63, 3.8) is 0 Å². The van der Waals surface area contributed by atoms with Crippen LogP contribution in [0.25, 0.3) is 0 Å². The van der Waals surface area contributed by atoms with Crippen molar-refractivity contribution in [2.45, 2.75) is 25.0 Å². The van der Waals surface area contributed by atoms with E-state index in [9.17, 15) is 5.11 Å². The molecule has 0 radical (unpaired) electrons. The van der Waals surface area contributed by atoms with Crippen LogP contribution in [0.5, 0.6) is 0 Å². The van der Waals surface area contributed by atoms with Gasteiger partial charge in [0, 0.05) is 18.0 Å². The maximum absolute atomic E-state index is 9.47. The van der Waals surface area contributed by atoms with Gasteiger partial charge in [-0.3, -0.25) is 0 Å². The first kappa shape index (κ1) is 12.6. The molecule has 1 aliphatic heterocycles. The van der Waals surface area contributed by atoms with Gasteiger partial charge in [-0.1, -0.05) is 28.9 Å². The second-order valence-corrected chi connectivity index (χ2v) is 5.14. The molecular weight excluding hydrogens is 266 g/mol. The van der Waals surface area contributed by atoms with E-state index < -0.39 is 0 Å². The number of hydrogen-bond donors (Lipinski definition) is 2. The molecule has 2 N–H and O–H groups in total. The maximum atomic E-state index is 9.47. The van der Waals surface area contributed by atoms with Crippen LogP contribution in [0.2, 0.25) is 5.02 Å². The van der Waals surface area contributed by atoms with Crippen LogP contribution in [0.3, 0.4) is 0 Å². The number of aliphatic hydroxyl groups is 1. The first-order chi connectivity index (χ1) is 9.20. The lowest BCUT2D eigenvalue weighted by Crippen LogP contribution is -2.15. The van der Waals surface area contributed by atoms with Gasteiger partial charge in [-0.15, -0.1) is 0 Å². The van der Waals surface area contributed by atoms with Crippen molar-refractivity contribution in [3.05, 3.63) is 46.6 Å². The molecule has 1 fully saturated rings. The van der Waals surface area contributed by atoms with E-state index in [0.29, 0.717) is 36.1 Å². The zero-order valence-electron chi connectivity index (χ0n) is 10.2. The van der Waals surface area contributed by atoms with Crippen molar-refractivity contribution < 1.29 is 9.63 Å². The SMILES string of the molecule is O[C@@H]1CN[C@H](c2nc(Cc3cccc(Cl)c3)no2)C1. The molecule has 0 amide bonds. The lowest BCUT2D eigenvalue weighted by atomic mass is 10.1. The van der Waals surface area contributed by atoms with Gasteiger partial charge in [0.15, 0.2) is 5.82 Å². The van der Waals surface area contributed by atoms with E-state index in [0.717, 1.165) is 5.56 Å². The Labute approximate surface area is 115 Å². The van der Waals surface area contributed by atoms with Crippen LogP contribution < -0.4 is 5.32 Å². The lowest BCUT2D eigenvalue weighted by molar-refractivity contribution is 0.191. The van der Waals surface area contributed by atoms with E-state index in [4.69, 9.17) is 16.1 Å². The average molecular weight is 280 g/mol. The van der Waals surface area contributed by atoms with E-state index in [1.807, 2.05) is 24.3 Å². The molecular formula is C13H14ClN3O2. The lowest BCUT2D eigenvalue weighted by Gasteiger charge is -2.01. The fourth-order valence-electron chi connectivity index (χ4n) is 2.22. The normalized spacial score (nSPS) is 22.8. The molecule has 0 aliphatic carbocycles. The number of aliphatic hydroxyl groups excluding tert-OH is 1. The fraction of sp³-hybridized carbons (Fsp3) is 0.385. The third-order valence-corrected chi connectivity index (χ3v) is 3.38. The van der Waals surface area contributed by atoms with E-state index in [-0.39, 0.29) is 12.1 Å². The molecule has 2 heterocycles. The summed E-state index contributed by atoms with van der Waals surface area (Å²) in [7, 11) is 0. The highest BCUT2D eigenvalue weighted by Crippen LogP contribution is 2.22. The summed E-state index contributed by atoms with van der Waals surface area (Å²) in [5.74, 6) is 1.16. The average Bonchev–Trinajstić information content (AvgIpc) is 2.98. The topological polar surface area (TPSA) is 71.2 Å². The molecule has 6 heteroatoms. The van der Waals surface area contributed by atoms with Crippen molar-refractivity contribution in [2.24, 2.45) is 0 Å². The third kappa shape index (κ3) is 2.94. The molecule has 3 rings (SSSR count). The monoisotopic (exact) mass is 279 g/mol. The summed E-state index contributed by atoms with van der Waals surface area (Å²) in [6, 6.07) is 7.54. The van der Waals surface area contributed by atoms with Crippen LogP contribution >= 0.6 is 11.6 Å². The summed E-state index contributed by atoms with van der Waals surface area (Å²) in [5.41, 5.74) is 1.04. The van der Waals surface area contributed by atoms with Crippen LogP contribution in [0.1, 0.15) is 29.7 Å². The summed E-state index contributed by atoms with van der Waals surface area (Å²) in [6.07, 6.45) is 0.853. The van der Waals surface area contributed by atoms with Gasteiger partial charge in [-0.2, -0.15) is 4.98 Å². The van der Waals surface area contributed by atoms with Crippen LogP contribution in [0.4, 0.5) is 0 Å².